The van der Waals surface area contributed by atoms with Crippen LogP contribution in [0.2, 0.25) is 0 Å². The molecule has 67 heavy (non-hydrogen) atoms. The Labute approximate surface area is 412 Å². The van der Waals surface area contributed by atoms with E-state index in [1.807, 2.05) is 21.1 Å². The number of esters is 2. The maximum atomic E-state index is 12.8. The number of aliphatic carboxylic acids is 1. The number of hydrogen-bond acceptors (Lipinski definition) is 8. The summed E-state index contributed by atoms with van der Waals surface area (Å²) < 4.78 is 22.7. The van der Waals surface area contributed by atoms with Gasteiger partial charge in [0.15, 0.2) is 12.4 Å². The molecule has 9 heteroatoms. The number of carbonyl (C=O) groups is 3. The van der Waals surface area contributed by atoms with E-state index in [0.29, 0.717) is 17.4 Å². The van der Waals surface area contributed by atoms with Crippen molar-refractivity contribution in [3.63, 3.8) is 0 Å². The molecule has 0 fully saturated rings. The summed E-state index contributed by atoms with van der Waals surface area (Å²) in [6, 6.07) is 0. The molecule has 0 rings (SSSR count). The Kier molecular flexibility index (Phi) is 47.2. The third-order valence-electron chi connectivity index (χ3n) is 11.7. The van der Waals surface area contributed by atoms with Crippen molar-refractivity contribution in [1.82, 2.24) is 0 Å². The van der Waals surface area contributed by atoms with Crippen molar-refractivity contribution in [3.05, 3.63) is 60.8 Å². The maximum Gasteiger partial charge on any atom is 0.306 e. The third-order valence-corrected chi connectivity index (χ3v) is 11.7. The number of nitrogens with zero attached hydrogens (tertiary/aromatic N) is 1. The topological polar surface area (TPSA) is 111 Å². The lowest BCUT2D eigenvalue weighted by Crippen LogP contribution is -2.44. The van der Waals surface area contributed by atoms with E-state index in [0.717, 1.165) is 83.5 Å². The number of quaternary nitrogens is 1. The Morgan fingerprint density at radius 3 is 1.28 bits per heavy atom. The van der Waals surface area contributed by atoms with Crippen molar-refractivity contribution >= 4 is 17.9 Å². The zero-order valence-corrected chi connectivity index (χ0v) is 44.0. The van der Waals surface area contributed by atoms with Crippen LogP contribution in [0.4, 0.5) is 0 Å². The lowest BCUT2D eigenvalue weighted by molar-refractivity contribution is -0.870. The number of allylic oxidation sites excluding steroid dienone is 10. The highest BCUT2D eigenvalue weighted by molar-refractivity contribution is 5.70. The van der Waals surface area contributed by atoms with Crippen molar-refractivity contribution in [3.8, 4) is 0 Å². The van der Waals surface area contributed by atoms with Gasteiger partial charge in [0.1, 0.15) is 13.2 Å². The fourth-order valence-corrected chi connectivity index (χ4v) is 7.52. The summed E-state index contributed by atoms with van der Waals surface area (Å²) in [5.74, 6) is -2.29. The van der Waals surface area contributed by atoms with E-state index in [-0.39, 0.29) is 38.6 Å². The number of carbonyl (C=O) groups excluding carboxylic acids is 3. The molecule has 2 unspecified atom stereocenters. The molecule has 0 aromatic heterocycles. The van der Waals surface area contributed by atoms with Crippen LogP contribution in [0.25, 0.3) is 0 Å². The molecular weight excluding hydrogens is 839 g/mol. The second-order valence-electron chi connectivity index (χ2n) is 19.5. The van der Waals surface area contributed by atoms with Crippen molar-refractivity contribution in [1.29, 1.82) is 0 Å². The van der Waals surface area contributed by atoms with Gasteiger partial charge in [-0.05, 0) is 77.0 Å². The van der Waals surface area contributed by atoms with Crippen LogP contribution in [0.3, 0.4) is 0 Å². The minimum Gasteiger partial charge on any atom is -0.545 e. The summed E-state index contributed by atoms with van der Waals surface area (Å²) in [4.78, 5) is 37.2. The van der Waals surface area contributed by atoms with Gasteiger partial charge in [-0.3, -0.25) is 9.59 Å². The maximum absolute atomic E-state index is 12.8. The molecule has 0 aliphatic heterocycles. The highest BCUT2D eigenvalue weighted by Gasteiger charge is 2.22. The zero-order chi connectivity index (χ0) is 49.2. The van der Waals surface area contributed by atoms with Gasteiger partial charge in [0.05, 0.1) is 40.3 Å². The fourth-order valence-electron chi connectivity index (χ4n) is 7.52. The van der Waals surface area contributed by atoms with Gasteiger partial charge in [0.2, 0.25) is 0 Å². The van der Waals surface area contributed by atoms with Gasteiger partial charge in [-0.2, -0.15) is 0 Å². The van der Waals surface area contributed by atoms with E-state index in [1.165, 1.54) is 116 Å². The highest BCUT2D eigenvalue weighted by Crippen LogP contribution is 2.16. The van der Waals surface area contributed by atoms with Crippen LogP contribution in [0.1, 0.15) is 232 Å². The van der Waals surface area contributed by atoms with Crippen LogP contribution >= 0.6 is 0 Å². The molecule has 0 radical (unpaired) electrons. The van der Waals surface area contributed by atoms with Gasteiger partial charge < -0.3 is 33.3 Å². The Balaban J connectivity index is 4.23. The Bertz CT molecular complexity index is 1280. The molecule has 2 atom stereocenters. The summed E-state index contributed by atoms with van der Waals surface area (Å²) in [5, 5.41) is 11.7. The van der Waals surface area contributed by atoms with E-state index in [1.54, 1.807) is 0 Å². The molecule has 9 nitrogen and oxygen atoms in total. The number of likely N-dealkylation sites (N-methyl/N-ethyl adjacent to an activating group) is 1. The summed E-state index contributed by atoms with van der Waals surface area (Å²) in [7, 11) is 5.92. The van der Waals surface area contributed by atoms with Crippen LogP contribution in [-0.2, 0) is 33.3 Å². The van der Waals surface area contributed by atoms with E-state index in [9.17, 15) is 19.5 Å². The van der Waals surface area contributed by atoms with E-state index in [2.05, 4.69) is 74.6 Å². The molecule has 0 aromatic rings. The Morgan fingerprint density at radius 1 is 0.463 bits per heavy atom. The lowest BCUT2D eigenvalue weighted by atomic mass is 10.0. The number of carboxylic acids is 1. The van der Waals surface area contributed by atoms with Gasteiger partial charge in [0, 0.05) is 12.8 Å². The molecule has 0 bridgehead atoms. The Morgan fingerprint density at radius 2 is 0.851 bits per heavy atom. The van der Waals surface area contributed by atoms with Gasteiger partial charge in [0.25, 0.3) is 0 Å². The molecular formula is C58H103NO8. The van der Waals surface area contributed by atoms with Crippen LogP contribution in [0.5, 0.6) is 0 Å². The van der Waals surface area contributed by atoms with Crippen molar-refractivity contribution in [2.24, 2.45) is 0 Å². The minimum atomic E-state index is -1.62. The van der Waals surface area contributed by atoms with Gasteiger partial charge in [-0.25, -0.2) is 0 Å². The highest BCUT2D eigenvalue weighted by atomic mass is 16.7. The van der Waals surface area contributed by atoms with Crippen LogP contribution in [0.15, 0.2) is 60.8 Å². The number of unbranched alkanes of at least 4 members (excludes halogenated alkanes) is 25. The molecule has 0 aliphatic rings. The summed E-state index contributed by atoms with van der Waals surface area (Å²) in [6.07, 6.45) is 58.3. The fraction of sp³-hybridized carbons (Fsp3) is 0.776. The monoisotopic (exact) mass is 942 g/mol. The third kappa shape index (κ3) is 50.7. The predicted octanol–water partition coefficient (Wildman–Crippen LogP) is 14.3. The van der Waals surface area contributed by atoms with Crippen LogP contribution in [-0.4, -0.2) is 82.3 Å². The standard InChI is InChI=1S/C58H103NO8/c1-6-8-10-12-14-16-18-20-22-23-24-25-26-27-28-29-30-31-32-33-35-37-39-41-43-45-47-49-56(61)67-54(53-66-58(57(62)63)64-51-50-59(3,4)5)52-65-55(60)48-46-44-42-40-38-36-34-21-19-17-15-13-11-9-7-2/h8,10,14,16,20-22,24-25,34,54,58H,6-7,9,11-13,15,17-19,23,26-33,35-53H2,1-5H3/b10-8-,16-14-,22-20-,25-24-,34-21-. The first-order valence-electron chi connectivity index (χ1n) is 27.4. The number of hydrogen-bond donors (Lipinski definition) is 0. The molecule has 0 amide bonds. The molecule has 0 aromatic carbocycles. The second-order valence-corrected chi connectivity index (χ2v) is 19.5. The van der Waals surface area contributed by atoms with Crippen molar-refractivity contribution in [2.45, 2.75) is 245 Å². The largest absolute Gasteiger partial charge is 0.545 e. The molecule has 0 aliphatic carbocycles. The predicted molar refractivity (Wildman–Crippen MR) is 278 cm³/mol. The van der Waals surface area contributed by atoms with E-state index < -0.39 is 24.3 Å². The van der Waals surface area contributed by atoms with Crippen molar-refractivity contribution < 1.29 is 42.9 Å². The van der Waals surface area contributed by atoms with Crippen LogP contribution in [0, 0.1) is 0 Å². The first-order valence-corrected chi connectivity index (χ1v) is 27.4. The molecule has 0 saturated carbocycles. The summed E-state index contributed by atoms with van der Waals surface area (Å²) in [5.41, 5.74) is 0. The smallest absolute Gasteiger partial charge is 0.306 e. The van der Waals surface area contributed by atoms with Gasteiger partial charge in [-0.15, -0.1) is 0 Å². The summed E-state index contributed by atoms with van der Waals surface area (Å²) in [6.45, 7) is 4.63. The average Bonchev–Trinajstić information content (AvgIpc) is 3.29. The molecule has 0 saturated heterocycles. The normalized spacial score (nSPS) is 13.3. The average molecular weight is 942 g/mol. The SMILES string of the molecule is CC/C=C\C/C=C\C/C=C\C/C=C\CCCCCCCCCCCCCCCCC(=O)OC(COC(=O)CCCCCCC/C=C\CCCCCCCC)COC(OCC[N+](C)(C)C)C(=O)[O-]. The Hall–Kier alpha value is -3.01. The quantitative estimate of drug-likeness (QED) is 0.0195. The number of ether oxygens (including phenoxy) is 4. The first kappa shape index (κ1) is 64.0. The molecule has 388 valence electrons. The van der Waals surface area contributed by atoms with Crippen molar-refractivity contribution in [2.75, 3.05) is 47.5 Å². The van der Waals surface area contributed by atoms with E-state index in [4.69, 9.17) is 18.9 Å². The second kappa shape index (κ2) is 49.4. The van der Waals surface area contributed by atoms with E-state index >= 15 is 0 Å². The number of rotatable bonds is 50. The summed E-state index contributed by atoms with van der Waals surface area (Å²) >= 11 is 0. The molecule has 0 spiro atoms. The minimum absolute atomic E-state index is 0.145. The van der Waals surface area contributed by atoms with Gasteiger partial charge >= 0.3 is 11.9 Å². The zero-order valence-electron chi connectivity index (χ0n) is 44.0. The van der Waals surface area contributed by atoms with Gasteiger partial charge in [-0.1, -0.05) is 203 Å². The number of carboxylic acid groups (broad SMARTS) is 1. The lowest BCUT2D eigenvalue weighted by Gasteiger charge is -2.26. The first-order chi connectivity index (χ1) is 32.6. The molecule has 0 N–H and O–H groups in total. The molecule has 0 heterocycles. The van der Waals surface area contributed by atoms with Crippen LogP contribution < -0.4 is 5.11 Å².